The fourth-order valence-electron chi connectivity index (χ4n) is 2.38. The molecular weight excluding hydrogens is 186 g/mol. The molecule has 0 aromatic carbocycles. The second-order valence-corrected chi connectivity index (χ2v) is 5.33. The minimum atomic E-state index is -0.174. The lowest BCUT2D eigenvalue weighted by atomic mass is 9.87. The van der Waals surface area contributed by atoms with Crippen molar-refractivity contribution in [3.05, 3.63) is 0 Å². The summed E-state index contributed by atoms with van der Waals surface area (Å²) in [5.41, 5.74) is 0. The summed E-state index contributed by atoms with van der Waals surface area (Å²) in [5.74, 6) is 1.27. The predicted octanol–water partition coefficient (Wildman–Crippen LogP) is 2.56. The van der Waals surface area contributed by atoms with E-state index in [1.54, 1.807) is 0 Å². The standard InChI is InChI=1S/C13H27NO/c1-4-11(3)13(15)9-14-12-7-5-6-10(2)8-12/h10-15H,4-9H2,1-3H3. The number of aliphatic hydroxyl groups is 1. The Morgan fingerprint density at radius 1 is 1.40 bits per heavy atom. The molecule has 2 N–H and O–H groups in total. The molecule has 0 aromatic heterocycles. The molecular formula is C13H27NO. The lowest BCUT2D eigenvalue weighted by Crippen LogP contribution is -2.40. The molecule has 15 heavy (non-hydrogen) atoms. The van der Waals surface area contributed by atoms with Crippen LogP contribution >= 0.6 is 0 Å². The summed E-state index contributed by atoms with van der Waals surface area (Å²) in [7, 11) is 0. The second-order valence-electron chi connectivity index (χ2n) is 5.33. The normalized spacial score (nSPS) is 31.2. The Labute approximate surface area is 94.5 Å². The molecule has 0 aromatic rings. The van der Waals surface area contributed by atoms with Crippen molar-refractivity contribution in [1.29, 1.82) is 0 Å². The highest BCUT2D eigenvalue weighted by Crippen LogP contribution is 2.23. The van der Waals surface area contributed by atoms with Gasteiger partial charge in [-0.1, -0.05) is 40.0 Å². The summed E-state index contributed by atoms with van der Waals surface area (Å²) in [6, 6.07) is 0.646. The maximum absolute atomic E-state index is 9.85. The highest BCUT2D eigenvalue weighted by molar-refractivity contribution is 4.77. The zero-order chi connectivity index (χ0) is 11.3. The van der Waals surface area contributed by atoms with Crippen LogP contribution in [0.25, 0.3) is 0 Å². The molecule has 0 amide bonds. The van der Waals surface area contributed by atoms with Gasteiger partial charge in [0, 0.05) is 12.6 Å². The molecule has 0 heterocycles. The van der Waals surface area contributed by atoms with Gasteiger partial charge in [0.15, 0.2) is 0 Å². The van der Waals surface area contributed by atoms with E-state index in [4.69, 9.17) is 0 Å². The molecule has 2 heteroatoms. The van der Waals surface area contributed by atoms with Crippen LogP contribution < -0.4 is 5.32 Å². The third-order valence-electron chi connectivity index (χ3n) is 3.85. The largest absolute Gasteiger partial charge is 0.392 e. The lowest BCUT2D eigenvalue weighted by molar-refractivity contribution is 0.106. The van der Waals surface area contributed by atoms with Crippen LogP contribution in [-0.2, 0) is 0 Å². The third-order valence-corrected chi connectivity index (χ3v) is 3.85. The van der Waals surface area contributed by atoms with E-state index in [2.05, 4.69) is 26.1 Å². The maximum Gasteiger partial charge on any atom is 0.0690 e. The molecule has 0 saturated heterocycles. The van der Waals surface area contributed by atoms with Crippen LogP contribution in [-0.4, -0.2) is 23.8 Å². The second kappa shape index (κ2) is 6.49. The molecule has 2 nitrogen and oxygen atoms in total. The quantitative estimate of drug-likeness (QED) is 0.735. The van der Waals surface area contributed by atoms with Crippen LogP contribution in [0.1, 0.15) is 52.9 Å². The summed E-state index contributed by atoms with van der Waals surface area (Å²) < 4.78 is 0. The minimum absolute atomic E-state index is 0.174. The molecule has 0 radical (unpaired) electrons. The molecule has 1 rings (SSSR count). The van der Waals surface area contributed by atoms with Crippen LogP contribution in [0, 0.1) is 11.8 Å². The van der Waals surface area contributed by atoms with Crippen molar-refractivity contribution < 1.29 is 5.11 Å². The van der Waals surface area contributed by atoms with Crippen LogP contribution in [0.3, 0.4) is 0 Å². The van der Waals surface area contributed by atoms with Gasteiger partial charge in [-0.2, -0.15) is 0 Å². The first-order valence-corrected chi connectivity index (χ1v) is 6.55. The van der Waals surface area contributed by atoms with Gasteiger partial charge < -0.3 is 10.4 Å². The van der Waals surface area contributed by atoms with Gasteiger partial charge in [0.25, 0.3) is 0 Å². The molecule has 90 valence electrons. The Morgan fingerprint density at radius 2 is 2.13 bits per heavy atom. The number of aliphatic hydroxyl groups excluding tert-OH is 1. The highest BCUT2D eigenvalue weighted by Gasteiger charge is 2.20. The van der Waals surface area contributed by atoms with Crippen LogP contribution in [0.4, 0.5) is 0 Å². The highest BCUT2D eigenvalue weighted by atomic mass is 16.3. The molecule has 1 saturated carbocycles. The average molecular weight is 213 g/mol. The van der Waals surface area contributed by atoms with E-state index in [0.29, 0.717) is 12.0 Å². The molecule has 0 spiro atoms. The van der Waals surface area contributed by atoms with Crippen molar-refractivity contribution in [2.24, 2.45) is 11.8 Å². The minimum Gasteiger partial charge on any atom is -0.392 e. The van der Waals surface area contributed by atoms with E-state index in [9.17, 15) is 5.11 Å². The van der Waals surface area contributed by atoms with Gasteiger partial charge in [-0.25, -0.2) is 0 Å². The Kier molecular flexibility index (Phi) is 5.62. The van der Waals surface area contributed by atoms with Crippen LogP contribution in [0.15, 0.2) is 0 Å². The van der Waals surface area contributed by atoms with E-state index < -0.39 is 0 Å². The first kappa shape index (κ1) is 13.0. The molecule has 1 fully saturated rings. The Hall–Kier alpha value is -0.0800. The summed E-state index contributed by atoms with van der Waals surface area (Å²) in [6.07, 6.45) is 6.19. The van der Waals surface area contributed by atoms with Gasteiger partial charge in [-0.05, 0) is 24.7 Å². The molecule has 4 unspecified atom stereocenters. The maximum atomic E-state index is 9.85. The lowest BCUT2D eigenvalue weighted by Gasteiger charge is -2.29. The van der Waals surface area contributed by atoms with Crippen LogP contribution in [0.2, 0.25) is 0 Å². The Bertz CT molecular complexity index is 172. The van der Waals surface area contributed by atoms with E-state index in [1.807, 2.05) is 0 Å². The van der Waals surface area contributed by atoms with Crippen molar-refractivity contribution in [3.8, 4) is 0 Å². The van der Waals surface area contributed by atoms with Crippen molar-refractivity contribution in [2.75, 3.05) is 6.54 Å². The average Bonchev–Trinajstić information content (AvgIpc) is 2.25. The first-order chi connectivity index (χ1) is 7.13. The topological polar surface area (TPSA) is 32.3 Å². The van der Waals surface area contributed by atoms with Crippen LogP contribution in [0.5, 0.6) is 0 Å². The fourth-order valence-corrected chi connectivity index (χ4v) is 2.38. The van der Waals surface area contributed by atoms with Gasteiger partial charge in [-0.3, -0.25) is 0 Å². The van der Waals surface area contributed by atoms with Crippen molar-refractivity contribution in [2.45, 2.75) is 65.0 Å². The molecule has 0 aliphatic heterocycles. The van der Waals surface area contributed by atoms with E-state index in [-0.39, 0.29) is 6.10 Å². The zero-order valence-electron chi connectivity index (χ0n) is 10.5. The monoisotopic (exact) mass is 213 g/mol. The number of nitrogens with one attached hydrogen (secondary N) is 1. The summed E-state index contributed by atoms with van der Waals surface area (Å²) in [4.78, 5) is 0. The third kappa shape index (κ3) is 4.52. The van der Waals surface area contributed by atoms with Gasteiger partial charge in [-0.15, -0.1) is 0 Å². The van der Waals surface area contributed by atoms with Crippen molar-refractivity contribution in [1.82, 2.24) is 5.32 Å². The summed E-state index contributed by atoms with van der Waals surface area (Å²) in [5, 5.41) is 13.4. The van der Waals surface area contributed by atoms with Crippen molar-refractivity contribution in [3.63, 3.8) is 0 Å². The predicted molar refractivity (Wildman–Crippen MR) is 64.9 cm³/mol. The molecule has 1 aliphatic carbocycles. The molecule has 4 atom stereocenters. The van der Waals surface area contributed by atoms with Gasteiger partial charge in [0.05, 0.1) is 6.10 Å². The summed E-state index contributed by atoms with van der Waals surface area (Å²) >= 11 is 0. The van der Waals surface area contributed by atoms with Gasteiger partial charge in [0.2, 0.25) is 0 Å². The molecule has 1 aliphatic rings. The fraction of sp³-hybridized carbons (Fsp3) is 1.00. The van der Waals surface area contributed by atoms with E-state index >= 15 is 0 Å². The number of hydrogen-bond donors (Lipinski definition) is 2. The zero-order valence-corrected chi connectivity index (χ0v) is 10.5. The SMILES string of the molecule is CCC(C)C(O)CNC1CCCC(C)C1. The number of rotatable bonds is 5. The Morgan fingerprint density at radius 3 is 2.73 bits per heavy atom. The van der Waals surface area contributed by atoms with Crippen molar-refractivity contribution >= 4 is 0 Å². The Balaban J connectivity index is 2.18. The molecule has 0 bridgehead atoms. The van der Waals surface area contributed by atoms with E-state index in [1.165, 1.54) is 25.7 Å². The first-order valence-electron chi connectivity index (χ1n) is 6.55. The van der Waals surface area contributed by atoms with Gasteiger partial charge >= 0.3 is 0 Å². The van der Waals surface area contributed by atoms with E-state index in [0.717, 1.165) is 18.9 Å². The van der Waals surface area contributed by atoms with Gasteiger partial charge in [0.1, 0.15) is 0 Å². The number of hydrogen-bond acceptors (Lipinski definition) is 2. The summed E-state index contributed by atoms with van der Waals surface area (Å²) in [6.45, 7) is 7.36. The smallest absolute Gasteiger partial charge is 0.0690 e.